The monoisotopic (exact) mass is 277 g/mol. The van der Waals surface area contributed by atoms with Crippen molar-refractivity contribution in [1.82, 2.24) is 24.7 Å². The summed E-state index contributed by atoms with van der Waals surface area (Å²) in [7, 11) is 4.12. The van der Waals surface area contributed by atoms with Crippen LogP contribution in [-0.4, -0.2) is 70.3 Å². The molecule has 20 heavy (non-hydrogen) atoms. The lowest BCUT2D eigenvalue weighted by Crippen LogP contribution is -2.45. The van der Waals surface area contributed by atoms with Crippen LogP contribution in [0, 0.1) is 0 Å². The van der Waals surface area contributed by atoms with E-state index in [9.17, 15) is 4.79 Å². The van der Waals surface area contributed by atoms with Crippen molar-refractivity contribution in [2.24, 2.45) is 0 Å². The molecule has 1 aromatic heterocycles. The van der Waals surface area contributed by atoms with E-state index < -0.39 is 0 Å². The van der Waals surface area contributed by atoms with Crippen LogP contribution in [0.1, 0.15) is 24.0 Å². The summed E-state index contributed by atoms with van der Waals surface area (Å²) in [5, 5.41) is 0. The van der Waals surface area contributed by atoms with E-state index in [0.29, 0.717) is 5.82 Å². The smallest absolute Gasteiger partial charge is 0.240 e. The van der Waals surface area contributed by atoms with Crippen molar-refractivity contribution in [1.29, 1.82) is 0 Å². The van der Waals surface area contributed by atoms with Gasteiger partial charge in [0.1, 0.15) is 0 Å². The highest BCUT2D eigenvalue weighted by Crippen LogP contribution is 2.19. The molecule has 0 radical (unpaired) electrons. The highest BCUT2D eigenvalue weighted by Gasteiger charge is 2.33. The van der Waals surface area contributed by atoms with Crippen LogP contribution >= 0.6 is 0 Å². The van der Waals surface area contributed by atoms with Gasteiger partial charge in [-0.05, 0) is 34.0 Å². The first kappa shape index (κ1) is 14.6. The van der Waals surface area contributed by atoms with Gasteiger partial charge in [0.25, 0.3) is 0 Å². The Balaban J connectivity index is 2.03. The predicted octanol–water partition coefficient (Wildman–Crippen LogP) is 0.979. The van der Waals surface area contributed by atoms with Gasteiger partial charge < -0.3 is 19.7 Å². The summed E-state index contributed by atoms with van der Waals surface area (Å²) in [4.78, 5) is 25.8. The zero-order chi connectivity index (χ0) is 14.5. The molecule has 0 aromatic carbocycles. The number of hydrogen-bond donors (Lipinski definition) is 1. The topological polar surface area (TPSA) is 55.5 Å². The lowest BCUT2D eigenvalue weighted by atomic mass is 10.2. The first-order chi connectivity index (χ1) is 9.63. The Bertz CT molecular complexity index is 454. The molecule has 1 aliphatic heterocycles. The number of ketones is 1. The second-order valence-corrected chi connectivity index (χ2v) is 5.20. The van der Waals surface area contributed by atoms with Crippen molar-refractivity contribution in [3.63, 3.8) is 0 Å². The number of rotatable bonds is 7. The Labute approximate surface area is 120 Å². The number of nitrogens with one attached hydrogen (secondary N) is 1. The van der Waals surface area contributed by atoms with Crippen molar-refractivity contribution < 1.29 is 4.79 Å². The van der Waals surface area contributed by atoms with Crippen molar-refractivity contribution in [3.05, 3.63) is 30.6 Å². The molecular formula is C14H23N5O. The normalized spacial score (nSPS) is 18.3. The number of aromatic nitrogens is 2. The average molecular weight is 277 g/mol. The van der Waals surface area contributed by atoms with E-state index in [1.165, 1.54) is 0 Å². The number of carbonyl (C=O) groups is 1. The van der Waals surface area contributed by atoms with Gasteiger partial charge in [0.2, 0.25) is 5.78 Å². The molecule has 2 heterocycles. The van der Waals surface area contributed by atoms with E-state index in [2.05, 4.69) is 40.8 Å². The number of imidazole rings is 1. The minimum absolute atomic E-state index is 0.0201. The minimum Gasteiger partial charge on any atom is -0.350 e. The summed E-state index contributed by atoms with van der Waals surface area (Å²) in [5.74, 6) is 0.446. The van der Waals surface area contributed by atoms with Crippen LogP contribution in [0.2, 0.25) is 0 Å². The molecule has 0 bridgehead atoms. The van der Waals surface area contributed by atoms with E-state index in [4.69, 9.17) is 0 Å². The highest BCUT2D eigenvalue weighted by molar-refractivity contribution is 5.97. The number of nitrogens with zero attached hydrogens (tertiary/aromatic N) is 4. The van der Waals surface area contributed by atoms with Gasteiger partial charge in [0, 0.05) is 37.9 Å². The Kier molecular flexibility index (Phi) is 4.79. The third kappa shape index (κ3) is 3.19. The molecule has 1 unspecified atom stereocenters. The predicted molar refractivity (Wildman–Crippen MR) is 78.1 cm³/mol. The standard InChI is InChI=1S/C14H23N5O/c1-4-18-10-11-19(9-5-8-17(2)3)14(18)12(20)13-15-6-7-16-13/h6-7,10-11,14H,4-5,8-9H2,1-3H3,(H,15,16). The summed E-state index contributed by atoms with van der Waals surface area (Å²) >= 11 is 0. The first-order valence-corrected chi connectivity index (χ1v) is 7.01. The third-order valence-corrected chi connectivity index (χ3v) is 3.43. The number of hydrogen-bond acceptors (Lipinski definition) is 5. The molecule has 0 saturated carbocycles. The molecule has 0 fully saturated rings. The summed E-state index contributed by atoms with van der Waals surface area (Å²) in [5.41, 5.74) is 0. The van der Waals surface area contributed by atoms with Crippen LogP contribution in [0.25, 0.3) is 0 Å². The molecule has 2 rings (SSSR count). The van der Waals surface area contributed by atoms with Crippen LogP contribution in [0.3, 0.4) is 0 Å². The van der Waals surface area contributed by atoms with Crippen LogP contribution in [0.15, 0.2) is 24.8 Å². The second-order valence-electron chi connectivity index (χ2n) is 5.20. The summed E-state index contributed by atoms with van der Waals surface area (Å²) in [6, 6.07) is 0. The van der Waals surface area contributed by atoms with Crippen LogP contribution < -0.4 is 0 Å². The van der Waals surface area contributed by atoms with E-state index in [0.717, 1.165) is 26.1 Å². The molecule has 0 aliphatic carbocycles. The zero-order valence-corrected chi connectivity index (χ0v) is 12.4. The quantitative estimate of drug-likeness (QED) is 0.753. The molecule has 0 saturated heterocycles. The average Bonchev–Trinajstić information content (AvgIpc) is 3.06. The largest absolute Gasteiger partial charge is 0.350 e. The summed E-state index contributed by atoms with van der Waals surface area (Å²) in [6.45, 7) is 4.73. The maximum atomic E-state index is 12.6. The van der Waals surface area contributed by atoms with E-state index in [-0.39, 0.29) is 11.9 Å². The fraction of sp³-hybridized carbons (Fsp3) is 0.571. The van der Waals surface area contributed by atoms with Gasteiger partial charge in [0.15, 0.2) is 12.0 Å². The van der Waals surface area contributed by atoms with Crippen molar-refractivity contribution in [2.75, 3.05) is 33.7 Å². The van der Waals surface area contributed by atoms with Crippen LogP contribution in [0.5, 0.6) is 0 Å². The Morgan fingerprint density at radius 2 is 2.15 bits per heavy atom. The zero-order valence-electron chi connectivity index (χ0n) is 12.4. The highest BCUT2D eigenvalue weighted by atomic mass is 16.1. The Morgan fingerprint density at radius 3 is 2.75 bits per heavy atom. The summed E-state index contributed by atoms with van der Waals surface area (Å²) < 4.78 is 0. The number of likely N-dealkylation sites (N-methyl/N-ethyl adjacent to an activating group) is 1. The van der Waals surface area contributed by atoms with Gasteiger partial charge in [-0.15, -0.1) is 0 Å². The Hall–Kier alpha value is -1.82. The summed E-state index contributed by atoms with van der Waals surface area (Å²) in [6.07, 6.45) is 8.04. The van der Waals surface area contributed by atoms with E-state index >= 15 is 0 Å². The number of aromatic amines is 1. The van der Waals surface area contributed by atoms with Crippen molar-refractivity contribution >= 4 is 5.78 Å². The fourth-order valence-electron chi connectivity index (χ4n) is 2.39. The van der Waals surface area contributed by atoms with Crippen molar-refractivity contribution in [3.8, 4) is 0 Å². The molecule has 110 valence electrons. The molecule has 6 nitrogen and oxygen atoms in total. The number of carbonyl (C=O) groups excluding carboxylic acids is 1. The molecular weight excluding hydrogens is 254 g/mol. The van der Waals surface area contributed by atoms with Gasteiger partial charge in [-0.2, -0.15) is 0 Å². The first-order valence-electron chi connectivity index (χ1n) is 7.01. The lowest BCUT2D eigenvalue weighted by Gasteiger charge is -2.30. The fourth-order valence-corrected chi connectivity index (χ4v) is 2.39. The molecule has 6 heteroatoms. The molecule has 0 amide bonds. The molecule has 0 spiro atoms. The minimum atomic E-state index is -0.270. The molecule has 1 atom stereocenters. The Morgan fingerprint density at radius 1 is 1.40 bits per heavy atom. The maximum Gasteiger partial charge on any atom is 0.240 e. The van der Waals surface area contributed by atoms with Gasteiger partial charge in [-0.25, -0.2) is 4.98 Å². The molecule has 1 aliphatic rings. The van der Waals surface area contributed by atoms with Gasteiger partial charge in [-0.3, -0.25) is 4.79 Å². The third-order valence-electron chi connectivity index (χ3n) is 3.43. The number of H-pyrrole nitrogens is 1. The number of Topliss-reactive ketones (excluding diaryl/α,β-unsaturated/α-hetero) is 1. The molecule has 1 aromatic rings. The van der Waals surface area contributed by atoms with Crippen LogP contribution in [-0.2, 0) is 0 Å². The lowest BCUT2D eigenvalue weighted by molar-refractivity contribution is 0.0712. The SMILES string of the molecule is CCN1C=CN(CCCN(C)C)C1C(=O)c1ncc[nH]1. The van der Waals surface area contributed by atoms with Gasteiger partial charge in [-0.1, -0.05) is 0 Å². The van der Waals surface area contributed by atoms with Crippen molar-refractivity contribution in [2.45, 2.75) is 19.5 Å². The van der Waals surface area contributed by atoms with E-state index in [1.54, 1.807) is 12.4 Å². The van der Waals surface area contributed by atoms with E-state index in [1.807, 2.05) is 17.3 Å². The maximum absolute atomic E-state index is 12.6. The second kappa shape index (κ2) is 6.56. The van der Waals surface area contributed by atoms with Gasteiger partial charge in [0.05, 0.1) is 0 Å². The van der Waals surface area contributed by atoms with Gasteiger partial charge >= 0.3 is 0 Å². The molecule has 1 N–H and O–H groups in total. The van der Waals surface area contributed by atoms with Crippen LogP contribution in [0.4, 0.5) is 0 Å².